The molecule has 0 bridgehead atoms. The van der Waals surface area contributed by atoms with E-state index in [0.29, 0.717) is 50.5 Å². The van der Waals surface area contributed by atoms with Crippen LogP contribution < -0.4 is 11.1 Å². The molecular weight excluding hydrogens is 335 g/mol. The summed E-state index contributed by atoms with van der Waals surface area (Å²) >= 11 is 0. The molecule has 0 atom stereocenters. The summed E-state index contributed by atoms with van der Waals surface area (Å²) in [6.07, 6.45) is -2.10. The summed E-state index contributed by atoms with van der Waals surface area (Å²) in [5, 5.41) is 7.18. The first-order valence-corrected chi connectivity index (χ1v) is 8.25. The number of ether oxygens (including phenoxy) is 1. The van der Waals surface area contributed by atoms with Crippen LogP contribution in [0.15, 0.2) is 29.4 Å². The molecule has 0 aliphatic rings. The number of nitrogens with one attached hydrogen (secondary N) is 1. The Bertz CT molecular complexity index is 505. The molecule has 0 unspecified atom stereocenters. The van der Waals surface area contributed by atoms with Crippen LogP contribution in [0.1, 0.15) is 30.4 Å². The Kier molecular flexibility index (Phi) is 10.1. The fourth-order valence-electron chi connectivity index (χ4n) is 2.10. The normalized spacial score (nSPS) is 12.4. The Morgan fingerprint density at radius 1 is 1.12 bits per heavy atom. The molecule has 142 valence electrons. The zero-order valence-corrected chi connectivity index (χ0v) is 14.4. The van der Waals surface area contributed by atoms with Crippen LogP contribution in [0.5, 0.6) is 0 Å². The first kappa shape index (κ1) is 21.4. The Labute approximate surface area is 146 Å². The van der Waals surface area contributed by atoms with Crippen molar-refractivity contribution >= 4 is 5.71 Å². The maximum absolute atomic E-state index is 12.7. The van der Waals surface area contributed by atoms with Gasteiger partial charge in [-0.05, 0) is 37.0 Å². The largest absolute Gasteiger partial charge is 0.416 e. The van der Waals surface area contributed by atoms with Gasteiger partial charge in [0.25, 0.3) is 0 Å². The van der Waals surface area contributed by atoms with Crippen LogP contribution in [-0.4, -0.2) is 45.7 Å². The lowest BCUT2D eigenvalue weighted by Crippen LogP contribution is -2.25. The first-order chi connectivity index (χ1) is 12.0. The number of hydrogen-bond acceptors (Lipinski definition) is 5. The zero-order chi connectivity index (χ0) is 18.5. The minimum Gasteiger partial charge on any atom is -0.394 e. The third-order valence-electron chi connectivity index (χ3n) is 3.42. The molecule has 0 radical (unpaired) electrons. The number of methoxy groups -OCH3 is 1. The Balaban J connectivity index is 2.68. The van der Waals surface area contributed by atoms with Crippen LogP contribution in [-0.2, 0) is 15.8 Å². The SMILES string of the molecule is COCCCC/C(=N/OCCNCCN)c1ccc(C(F)(F)F)cc1. The molecule has 3 N–H and O–H groups in total. The molecule has 0 spiro atoms. The van der Waals surface area contributed by atoms with Gasteiger partial charge in [0.15, 0.2) is 0 Å². The van der Waals surface area contributed by atoms with Crippen molar-refractivity contribution in [3.63, 3.8) is 0 Å². The van der Waals surface area contributed by atoms with Crippen molar-refractivity contribution in [3.05, 3.63) is 35.4 Å². The molecule has 0 aromatic heterocycles. The van der Waals surface area contributed by atoms with E-state index < -0.39 is 11.7 Å². The summed E-state index contributed by atoms with van der Waals surface area (Å²) in [5.74, 6) is 0. The van der Waals surface area contributed by atoms with E-state index >= 15 is 0 Å². The molecule has 1 aromatic carbocycles. The molecule has 0 saturated heterocycles. The van der Waals surface area contributed by atoms with Crippen LogP contribution in [0.4, 0.5) is 13.2 Å². The van der Waals surface area contributed by atoms with Crippen molar-refractivity contribution < 1.29 is 22.7 Å². The Morgan fingerprint density at radius 3 is 2.44 bits per heavy atom. The lowest BCUT2D eigenvalue weighted by atomic mass is 10.0. The van der Waals surface area contributed by atoms with Crippen molar-refractivity contribution in [3.8, 4) is 0 Å². The Hall–Kier alpha value is -1.64. The molecule has 0 saturated carbocycles. The molecule has 1 rings (SSSR count). The van der Waals surface area contributed by atoms with Crippen LogP contribution in [0.3, 0.4) is 0 Å². The van der Waals surface area contributed by atoms with E-state index in [2.05, 4.69) is 10.5 Å². The number of nitrogens with two attached hydrogens (primary N) is 1. The maximum atomic E-state index is 12.7. The summed E-state index contributed by atoms with van der Waals surface area (Å²) in [6, 6.07) is 4.97. The van der Waals surface area contributed by atoms with Crippen LogP contribution in [0.2, 0.25) is 0 Å². The monoisotopic (exact) mass is 361 g/mol. The number of nitrogens with zero attached hydrogens (tertiary/aromatic N) is 1. The highest BCUT2D eigenvalue weighted by Gasteiger charge is 2.30. The van der Waals surface area contributed by atoms with Crippen molar-refractivity contribution in [2.24, 2.45) is 10.9 Å². The number of hydrogen-bond donors (Lipinski definition) is 2. The van der Waals surface area contributed by atoms with Crippen molar-refractivity contribution in [2.45, 2.75) is 25.4 Å². The molecule has 0 fully saturated rings. The lowest BCUT2D eigenvalue weighted by Gasteiger charge is -2.10. The molecule has 5 nitrogen and oxygen atoms in total. The van der Waals surface area contributed by atoms with Gasteiger partial charge in [0.05, 0.1) is 11.3 Å². The van der Waals surface area contributed by atoms with Gasteiger partial charge in [-0.25, -0.2) is 0 Å². The smallest absolute Gasteiger partial charge is 0.394 e. The fourth-order valence-corrected chi connectivity index (χ4v) is 2.10. The van der Waals surface area contributed by atoms with E-state index in [9.17, 15) is 13.2 Å². The van der Waals surface area contributed by atoms with E-state index in [1.807, 2.05) is 0 Å². The topological polar surface area (TPSA) is 68.9 Å². The van der Waals surface area contributed by atoms with Crippen molar-refractivity contribution in [2.75, 3.05) is 40.0 Å². The number of unbranched alkanes of at least 4 members (excludes halogenated alkanes) is 1. The quantitative estimate of drug-likeness (QED) is 0.341. The highest BCUT2D eigenvalue weighted by atomic mass is 19.4. The van der Waals surface area contributed by atoms with Gasteiger partial charge in [0.2, 0.25) is 0 Å². The standard InChI is InChI=1S/C17H26F3N3O2/c1-24-12-3-2-4-16(23-25-13-11-22-10-9-21)14-5-7-15(8-6-14)17(18,19)20/h5-8,22H,2-4,9-13,21H2,1H3/b23-16-. The summed E-state index contributed by atoms with van der Waals surface area (Å²) in [6.45, 7) is 2.83. The molecular formula is C17H26F3N3O2. The van der Waals surface area contributed by atoms with Crippen LogP contribution >= 0.6 is 0 Å². The van der Waals surface area contributed by atoms with E-state index in [1.165, 1.54) is 12.1 Å². The second-order valence-electron chi connectivity index (χ2n) is 5.43. The number of oxime groups is 1. The lowest BCUT2D eigenvalue weighted by molar-refractivity contribution is -0.137. The molecule has 0 aliphatic heterocycles. The van der Waals surface area contributed by atoms with Gasteiger partial charge >= 0.3 is 6.18 Å². The first-order valence-electron chi connectivity index (χ1n) is 8.25. The van der Waals surface area contributed by atoms with Gasteiger partial charge in [-0.1, -0.05) is 17.3 Å². The summed E-state index contributed by atoms with van der Waals surface area (Å²) in [7, 11) is 1.63. The van der Waals surface area contributed by atoms with Gasteiger partial charge in [-0.2, -0.15) is 13.2 Å². The third-order valence-corrected chi connectivity index (χ3v) is 3.42. The number of halogens is 3. The van der Waals surface area contributed by atoms with Gasteiger partial charge in [0.1, 0.15) is 6.61 Å². The minimum atomic E-state index is -4.35. The van der Waals surface area contributed by atoms with E-state index in [-0.39, 0.29) is 0 Å². The predicted molar refractivity (Wildman–Crippen MR) is 91.6 cm³/mol. The summed E-state index contributed by atoms with van der Waals surface area (Å²) in [4.78, 5) is 5.28. The highest BCUT2D eigenvalue weighted by Crippen LogP contribution is 2.29. The molecule has 8 heteroatoms. The van der Waals surface area contributed by atoms with Gasteiger partial charge in [0, 0.05) is 33.4 Å². The average molecular weight is 361 g/mol. The second kappa shape index (κ2) is 11.8. The Morgan fingerprint density at radius 2 is 1.84 bits per heavy atom. The molecule has 0 amide bonds. The summed E-state index contributed by atoms with van der Waals surface area (Å²) < 4.78 is 43.0. The van der Waals surface area contributed by atoms with Crippen LogP contribution in [0.25, 0.3) is 0 Å². The highest BCUT2D eigenvalue weighted by molar-refractivity contribution is 6.00. The minimum absolute atomic E-state index is 0.363. The molecule has 0 heterocycles. The zero-order valence-electron chi connectivity index (χ0n) is 14.4. The second-order valence-corrected chi connectivity index (χ2v) is 5.43. The van der Waals surface area contributed by atoms with Gasteiger partial charge in [-0.3, -0.25) is 0 Å². The van der Waals surface area contributed by atoms with Gasteiger partial charge in [-0.15, -0.1) is 0 Å². The van der Waals surface area contributed by atoms with Crippen LogP contribution in [0, 0.1) is 0 Å². The average Bonchev–Trinajstić information content (AvgIpc) is 2.59. The number of benzene rings is 1. The molecule has 0 aliphatic carbocycles. The van der Waals surface area contributed by atoms with E-state index in [4.69, 9.17) is 15.3 Å². The predicted octanol–water partition coefficient (Wildman–Crippen LogP) is 2.79. The molecule has 1 aromatic rings. The third kappa shape index (κ3) is 8.85. The van der Waals surface area contributed by atoms with Gasteiger partial charge < -0.3 is 20.6 Å². The fraction of sp³-hybridized carbons (Fsp3) is 0.588. The summed E-state index contributed by atoms with van der Waals surface area (Å²) in [5.41, 5.74) is 5.94. The van der Waals surface area contributed by atoms with E-state index in [0.717, 1.165) is 25.0 Å². The van der Waals surface area contributed by atoms with Crippen molar-refractivity contribution in [1.29, 1.82) is 0 Å². The maximum Gasteiger partial charge on any atom is 0.416 e. The molecule has 25 heavy (non-hydrogen) atoms. The van der Waals surface area contributed by atoms with E-state index in [1.54, 1.807) is 7.11 Å². The number of alkyl halides is 3. The van der Waals surface area contributed by atoms with Crippen molar-refractivity contribution in [1.82, 2.24) is 5.32 Å². The number of rotatable bonds is 12.